The minimum Gasteiger partial charge on any atom is -0.380 e. The Morgan fingerprint density at radius 2 is 2.19 bits per heavy atom. The number of ether oxygens (including phenoxy) is 1. The molecule has 1 heterocycles. The Bertz CT molecular complexity index is 298. The van der Waals surface area contributed by atoms with Gasteiger partial charge in [0, 0.05) is 17.9 Å². The average Bonchev–Trinajstić information content (AvgIpc) is 2.84. The maximum absolute atomic E-state index is 12.1. The molecule has 2 saturated carbocycles. The molecule has 0 radical (unpaired) electrons. The van der Waals surface area contributed by atoms with Crippen LogP contribution >= 0.6 is 0 Å². The highest BCUT2D eigenvalue weighted by atomic mass is 16.5. The highest BCUT2D eigenvalue weighted by molar-refractivity contribution is 5.79. The van der Waals surface area contributed by atoms with Gasteiger partial charge in [-0.2, -0.15) is 0 Å². The van der Waals surface area contributed by atoms with E-state index in [0.717, 1.165) is 32.1 Å². The van der Waals surface area contributed by atoms with E-state index in [0.29, 0.717) is 17.7 Å². The van der Waals surface area contributed by atoms with Crippen LogP contribution < -0.4 is 5.32 Å². The second-order valence-corrected chi connectivity index (χ2v) is 6.30. The topological polar surface area (TPSA) is 38.3 Å². The fraction of sp³-hybridized carbons (Fsp3) is 0.923. The van der Waals surface area contributed by atoms with Crippen LogP contribution in [0.5, 0.6) is 0 Å². The minimum absolute atomic E-state index is 0.202. The third-order valence-corrected chi connectivity index (χ3v) is 4.67. The summed E-state index contributed by atoms with van der Waals surface area (Å²) in [6.07, 6.45) is 5.09. The SMILES string of the molecule is CC1(CNC(=O)C2CC3CCC2C3)COC1. The molecule has 1 saturated heterocycles. The molecule has 0 aromatic heterocycles. The molecule has 1 amide bonds. The first-order valence-corrected chi connectivity index (χ1v) is 6.52. The third kappa shape index (κ3) is 1.75. The molecule has 3 atom stereocenters. The Labute approximate surface area is 96.9 Å². The Morgan fingerprint density at radius 1 is 1.38 bits per heavy atom. The minimum atomic E-state index is 0.202. The number of amides is 1. The van der Waals surface area contributed by atoms with Crippen molar-refractivity contribution in [2.45, 2.75) is 32.6 Å². The van der Waals surface area contributed by atoms with Crippen molar-refractivity contribution < 1.29 is 9.53 Å². The van der Waals surface area contributed by atoms with Crippen molar-refractivity contribution in [2.75, 3.05) is 19.8 Å². The number of rotatable bonds is 3. The monoisotopic (exact) mass is 223 g/mol. The lowest BCUT2D eigenvalue weighted by atomic mass is 9.86. The van der Waals surface area contributed by atoms with E-state index in [1.165, 1.54) is 19.3 Å². The van der Waals surface area contributed by atoms with E-state index in [2.05, 4.69) is 12.2 Å². The fourth-order valence-electron chi connectivity index (χ4n) is 3.55. The Hall–Kier alpha value is -0.570. The summed E-state index contributed by atoms with van der Waals surface area (Å²) in [6.45, 7) is 4.56. The lowest BCUT2D eigenvalue weighted by Gasteiger charge is -2.38. The molecule has 3 fully saturated rings. The summed E-state index contributed by atoms with van der Waals surface area (Å²) >= 11 is 0. The van der Waals surface area contributed by atoms with Gasteiger partial charge in [0.25, 0.3) is 0 Å². The first-order chi connectivity index (χ1) is 7.66. The molecule has 1 N–H and O–H groups in total. The highest BCUT2D eigenvalue weighted by Gasteiger charge is 2.43. The van der Waals surface area contributed by atoms with Gasteiger partial charge in [0.1, 0.15) is 0 Å². The van der Waals surface area contributed by atoms with Crippen LogP contribution in [0, 0.1) is 23.2 Å². The molecule has 3 nitrogen and oxygen atoms in total. The fourth-order valence-corrected chi connectivity index (χ4v) is 3.55. The van der Waals surface area contributed by atoms with Crippen molar-refractivity contribution in [3.8, 4) is 0 Å². The summed E-state index contributed by atoms with van der Waals surface area (Å²) < 4.78 is 5.19. The number of hydrogen-bond donors (Lipinski definition) is 1. The number of hydrogen-bond acceptors (Lipinski definition) is 2. The van der Waals surface area contributed by atoms with Gasteiger partial charge >= 0.3 is 0 Å². The molecule has 16 heavy (non-hydrogen) atoms. The van der Waals surface area contributed by atoms with E-state index in [1.54, 1.807) is 0 Å². The Morgan fingerprint density at radius 3 is 2.69 bits per heavy atom. The summed E-state index contributed by atoms with van der Waals surface area (Å²) in [7, 11) is 0. The molecule has 90 valence electrons. The zero-order valence-corrected chi connectivity index (χ0v) is 10.00. The summed E-state index contributed by atoms with van der Waals surface area (Å²) in [6, 6.07) is 0. The van der Waals surface area contributed by atoms with Crippen molar-refractivity contribution in [1.29, 1.82) is 0 Å². The third-order valence-electron chi connectivity index (χ3n) is 4.67. The van der Waals surface area contributed by atoms with E-state index < -0.39 is 0 Å². The highest BCUT2D eigenvalue weighted by Crippen LogP contribution is 2.48. The molecule has 0 aromatic carbocycles. The van der Waals surface area contributed by atoms with Gasteiger partial charge in [-0.15, -0.1) is 0 Å². The van der Waals surface area contributed by atoms with Crippen LogP contribution in [0.2, 0.25) is 0 Å². The molecule has 0 aromatic rings. The van der Waals surface area contributed by atoms with Crippen LogP contribution in [0.3, 0.4) is 0 Å². The lowest BCUT2D eigenvalue weighted by Crippen LogP contribution is -2.49. The zero-order valence-electron chi connectivity index (χ0n) is 10.00. The second kappa shape index (κ2) is 3.73. The lowest BCUT2D eigenvalue weighted by molar-refractivity contribution is -0.131. The molecule has 3 heteroatoms. The molecular formula is C13H21NO2. The van der Waals surface area contributed by atoms with Crippen LogP contribution in [-0.4, -0.2) is 25.7 Å². The second-order valence-electron chi connectivity index (χ2n) is 6.30. The predicted molar refractivity (Wildman–Crippen MR) is 60.9 cm³/mol. The number of fused-ring (bicyclic) bond motifs is 2. The van der Waals surface area contributed by atoms with Gasteiger partial charge in [0.15, 0.2) is 0 Å². The van der Waals surface area contributed by atoms with E-state index in [9.17, 15) is 4.79 Å². The maximum atomic E-state index is 12.1. The Balaban J connectivity index is 1.50. The maximum Gasteiger partial charge on any atom is 0.223 e. The first-order valence-electron chi connectivity index (χ1n) is 6.52. The number of nitrogens with one attached hydrogen (secondary N) is 1. The first kappa shape index (κ1) is 10.6. The molecule has 2 bridgehead atoms. The van der Waals surface area contributed by atoms with Crippen LogP contribution in [0.1, 0.15) is 32.6 Å². The van der Waals surface area contributed by atoms with Crippen LogP contribution in [0.4, 0.5) is 0 Å². The molecular weight excluding hydrogens is 202 g/mol. The summed E-state index contributed by atoms with van der Waals surface area (Å²) in [4.78, 5) is 12.1. The average molecular weight is 223 g/mol. The van der Waals surface area contributed by atoms with E-state index >= 15 is 0 Å². The standard InChI is InChI=1S/C13H21NO2/c1-13(7-16-8-13)6-14-12(15)11-5-9-2-3-10(11)4-9/h9-11H,2-8H2,1H3,(H,14,15). The summed E-state index contributed by atoms with van der Waals surface area (Å²) in [5.41, 5.74) is 0.202. The molecule has 2 aliphatic carbocycles. The molecule has 1 aliphatic heterocycles. The molecule has 3 rings (SSSR count). The summed E-state index contributed by atoms with van der Waals surface area (Å²) in [5.74, 6) is 2.17. The van der Waals surface area contributed by atoms with Gasteiger partial charge in [0.05, 0.1) is 13.2 Å². The molecule has 0 spiro atoms. The van der Waals surface area contributed by atoms with Crippen molar-refractivity contribution in [2.24, 2.45) is 23.2 Å². The predicted octanol–water partition coefficient (Wildman–Crippen LogP) is 1.58. The van der Waals surface area contributed by atoms with Gasteiger partial charge in [-0.25, -0.2) is 0 Å². The van der Waals surface area contributed by atoms with Crippen LogP contribution in [-0.2, 0) is 9.53 Å². The van der Waals surface area contributed by atoms with Crippen LogP contribution in [0.15, 0.2) is 0 Å². The van der Waals surface area contributed by atoms with Gasteiger partial charge < -0.3 is 10.1 Å². The molecule has 3 unspecified atom stereocenters. The zero-order chi connectivity index (χ0) is 11.2. The van der Waals surface area contributed by atoms with Crippen LogP contribution in [0.25, 0.3) is 0 Å². The van der Waals surface area contributed by atoms with Crippen molar-refractivity contribution >= 4 is 5.91 Å². The van der Waals surface area contributed by atoms with Gasteiger partial charge in [-0.1, -0.05) is 13.3 Å². The van der Waals surface area contributed by atoms with Crippen molar-refractivity contribution in [3.05, 3.63) is 0 Å². The smallest absolute Gasteiger partial charge is 0.223 e. The Kier molecular flexibility index (Phi) is 2.46. The van der Waals surface area contributed by atoms with E-state index in [-0.39, 0.29) is 5.41 Å². The van der Waals surface area contributed by atoms with Gasteiger partial charge in [0.2, 0.25) is 5.91 Å². The van der Waals surface area contributed by atoms with Crippen molar-refractivity contribution in [3.63, 3.8) is 0 Å². The van der Waals surface area contributed by atoms with Gasteiger partial charge in [-0.05, 0) is 31.1 Å². The van der Waals surface area contributed by atoms with Gasteiger partial charge in [-0.3, -0.25) is 4.79 Å². The normalized spacial score (nSPS) is 39.4. The molecule has 3 aliphatic rings. The largest absolute Gasteiger partial charge is 0.380 e. The van der Waals surface area contributed by atoms with E-state index in [4.69, 9.17) is 4.74 Å². The summed E-state index contributed by atoms with van der Waals surface area (Å²) in [5, 5.41) is 3.13. The van der Waals surface area contributed by atoms with E-state index in [1.807, 2.05) is 0 Å². The van der Waals surface area contributed by atoms with Crippen molar-refractivity contribution in [1.82, 2.24) is 5.32 Å². The quantitative estimate of drug-likeness (QED) is 0.789. The number of carbonyl (C=O) groups is 1. The number of carbonyl (C=O) groups excluding carboxylic acids is 1.